The molecule has 3 rings (SSSR count). The predicted molar refractivity (Wildman–Crippen MR) is 103 cm³/mol. The van der Waals surface area contributed by atoms with Gasteiger partial charge in [-0.15, -0.1) is 0 Å². The zero-order valence-electron chi connectivity index (χ0n) is 17.1. The molecule has 3 aliphatic rings. The van der Waals surface area contributed by atoms with Crippen LogP contribution in [0.3, 0.4) is 0 Å². The number of nitrogens with zero attached hydrogens (tertiary/aromatic N) is 1. The summed E-state index contributed by atoms with van der Waals surface area (Å²) in [6.45, 7) is 10.9. The second-order valence-electron chi connectivity index (χ2n) is 10.1. The first-order valence-corrected chi connectivity index (χ1v) is 10.2. The van der Waals surface area contributed by atoms with Crippen molar-refractivity contribution in [3.8, 4) is 0 Å². The third kappa shape index (κ3) is 4.28. The summed E-state index contributed by atoms with van der Waals surface area (Å²) < 4.78 is 0. The van der Waals surface area contributed by atoms with Crippen molar-refractivity contribution in [3.63, 3.8) is 0 Å². The predicted octanol–water partition coefficient (Wildman–Crippen LogP) is 1.63. The van der Waals surface area contributed by atoms with E-state index in [1.54, 1.807) is 0 Å². The average Bonchev–Trinajstić information content (AvgIpc) is 2.75. The van der Waals surface area contributed by atoms with E-state index in [9.17, 15) is 14.4 Å². The zero-order chi connectivity index (χ0) is 19.9. The van der Waals surface area contributed by atoms with Crippen LogP contribution in [0.4, 0.5) is 4.79 Å². The Kier molecular flexibility index (Phi) is 5.27. The summed E-state index contributed by atoms with van der Waals surface area (Å²) in [7, 11) is 0. The molecule has 0 aromatic carbocycles. The van der Waals surface area contributed by atoms with E-state index in [0.29, 0.717) is 25.3 Å². The van der Waals surface area contributed by atoms with E-state index in [4.69, 9.17) is 0 Å². The fraction of sp³-hybridized carbons (Fsp3) is 0.850. The van der Waals surface area contributed by atoms with Crippen molar-refractivity contribution in [2.24, 2.45) is 16.7 Å². The van der Waals surface area contributed by atoms with Gasteiger partial charge in [0.2, 0.25) is 5.91 Å². The van der Waals surface area contributed by atoms with Crippen molar-refractivity contribution in [2.45, 2.75) is 65.3 Å². The molecule has 27 heavy (non-hydrogen) atoms. The Morgan fingerprint density at radius 2 is 1.85 bits per heavy atom. The summed E-state index contributed by atoms with van der Waals surface area (Å²) in [6.07, 6.45) is 4.31. The Hall–Kier alpha value is -1.63. The molecule has 2 saturated heterocycles. The monoisotopic (exact) mass is 378 g/mol. The largest absolute Gasteiger partial charge is 0.354 e. The molecule has 1 saturated carbocycles. The molecule has 2 heterocycles. The van der Waals surface area contributed by atoms with Gasteiger partial charge in [0.05, 0.1) is 0 Å². The molecule has 2 aliphatic heterocycles. The van der Waals surface area contributed by atoms with E-state index >= 15 is 0 Å². The first kappa shape index (κ1) is 20.1. The number of imide groups is 1. The third-order valence-corrected chi connectivity index (χ3v) is 6.45. The minimum absolute atomic E-state index is 0.0114. The first-order valence-electron chi connectivity index (χ1n) is 10.2. The van der Waals surface area contributed by atoms with Crippen molar-refractivity contribution in [3.05, 3.63) is 0 Å². The van der Waals surface area contributed by atoms with E-state index in [0.717, 1.165) is 37.3 Å². The summed E-state index contributed by atoms with van der Waals surface area (Å²) in [4.78, 5) is 39.1. The Morgan fingerprint density at radius 3 is 2.48 bits per heavy atom. The maximum absolute atomic E-state index is 13.1. The summed E-state index contributed by atoms with van der Waals surface area (Å²) in [6, 6.07) is -0.437. The number of carbonyl (C=O) groups excluding carboxylic acids is 3. The molecule has 7 heteroatoms. The van der Waals surface area contributed by atoms with E-state index < -0.39 is 11.6 Å². The maximum Gasteiger partial charge on any atom is 0.325 e. The number of urea groups is 1. The number of hydrogen-bond acceptors (Lipinski definition) is 4. The fourth-order valence-electron chi connectivity index (χ4n) is 5.37. The summed E-state index contributed by atoms with van der Waals surface area (Å²) >= 11 is 0. The molecule has 7 nitrogen and oxygen atoms in total. The van der Waals surface area contributed by atoms with Crippen LogP contribution in [0.2, 0.25) is 0 Å². The van der Waals surface area contributed by atoms with E-state index in [1.165, 1.54) is 0 Å². The first-order chi connectivity index (χ1) is 12.5. The van der Waals surface area contributed by atoms with Crippen molar-refractivity contribution in [1.82, 2.24) is 20.9 Å². The lowest BCUT2D eigenvalue weighted by Gasteiger charge is -2.43. The van der Waals surface area contributed by atoms with Gasteiger partial charge in [0.15, 0.2) is 0 Å². The van der Waals surface area contributed by atoms with Gasteiger partial charge in [-0.1, -0.05) is 27.7 Å². The van der Waals surface area contributed by atoms with Crippen LogP contribution >= 0.6 is 0 Å². The smallest absolute Gasteiger partial charge is 0.325 e. The molecule has 0 aromatic rings. The summed E-state index contributed by atoms with van der Waals surface area (Å²) in [5.74, 6) is -0.152. The average molecular weight is 379 g/mol. The lowest BCUT2D eigenvalue weighted by Crippen LogP contribution is -2.54. The molecule has 152 valence electrons. The lowest BCUT2D eigenvalue weighted by molar-refractivity contribution is -0.137. The van der Waals surface area contributed by atoms with E-state index in [1.807, 2.05) is 0 Å². The topological polar surface area (TPSA) is 90.5 Å². The van der Waals surface area contributed by atoms with E-state index in [2.05, 4.69) is 43.6 Å². The van der Waals surface area contributed by atoms with Crippen LogP contribution in [0.5, 0.6) is 0 Å². The van der Waals surface area contributed by atoms with Crippen LogP contribution in [0, 0.1) is 16.7 Å². The highest BCUT2D eigenvalue weighted by Crippen LogP contribution is 2.46. The maximum atomic E-state index is 13.1. The normalized spacial score (nSPS) is 32.4. The second kappa shape index (κ2) is 7.08. The quantitative estimate of drug-likeness (QED) is 0.649. The highest BCUT2D eigenvalue weighted by molar-refractivity contribution is 6.09. The number of rotatable bonds is 4. The Balaban J connectivity index is 1.61. The van der Waals surface area contributed by atoms with Gasteiger partial charge >= 0.3 is 6.03 Å². The molecule has 4 amide bonds. The molecule has 3 fully saturated rings. The van der Waals surface area contributed by atoms with Gasteiger partial charge in [0.25, 0.3) is 5.91 Å². The molecule has 3 N–H and O–H groups in total. The van der Waals surface area contributed by atoms with Crippen LogP contribution in [0.25, 0.3) is 0 Å². The van der Waals surface area contributed by atoms with Gasteiger partial charge in [0, 0.05) is 6.54 Å². The number of amides is 4. The fourth-order valence-corrected chi connectivity index (χ4v) is 5.37. The van der Waals surface area contributed by atoms with Crippen LogP contribution in [0.1, 0.15) is 59.8 Å². The highest BCUT2D eigenvalue weighted by atomic mass is 16.2. The molecule has 0 bridgehead atoms. The van der Waals surface area contributed by atoms with Crippen LogP contribution < -0.4 is 16.0 Å². The molecule has 2 atom stereocenters. The van der Waals surface area contributed by atoms with Gasteiger partial charge in [-0.05, 0) is 61.9 Å². The number of nitrogens with one attached hydrogen (secondary N) is 3. The van der Waals surface area contributed by atoms with Crippen LogP contribution in [0.15, 0.2) is 0 Å². The Bertz CT molecular complexity index is 627. The molecule has 1 aliphatic carbocycles. The molecule has 1 spiro atoms. The summed E-state index contributed by atoms with van der Waals surface area (Å²) in [5, 5.41) is 9.18. The third-order valence-electron chi connectivity index (χ3n) is 6.45. The van der Waals surface area contributed by atoms with E-state index in [-0.39, 0.29) is 29.2 Å². The van der Waals surface area contributed by atoms with Crippen LogP contribution in [-0.4, -0.2) is 54.5 Å². The number of piperidine rings is 1. The standard InChI is InChI=1S/C20H34N4O3/c1-14-9-18(2,3)12-20(10-14)16(26)24(17(27)23-20)11-15(25)22-13-19(4)5-7-21-8-6-19/h14,21H,5-13H2,1-4H3,(H,22,25)(H,23,27). The van der Waals surface area contributed by atoms with Crippen molar-refractivity contribution >= 4 is 17.8 Å². The number of carbonyl (C=O) groups is 3. The minimum atomic E-state index is -0.848. The van der Waals surface area contributed by atoms with Gasteiger partial charge in [0.1, 0.15) is 12.1 Å². The van der Waals surface area contributed by atoms with Gasteiger partial charge in [-0.25, -0.2) is 4.79 Å². The number of hydrogen-bond donors (Lipinski definition) is 3. The van der Waals surface area contributed by atoms with Crippen molar-refractivity contribution in [1.29, 1.82) is 0 Å². The Labute approximate surface area is 162 Å². The highest BCUT2D eigenvalue weighted by Gasteiger charge is 2.56. The van der Waals surface area contributed by atoms with Gasteiger partial charge in [-0.3, -0.25) is 14.5 Å². The van der Waals surface area contributed by atoms with Gasteiger partial charge in [-0.2, -0.15) is 0 Å². The SMILES string of the molecule is CC1CC(C)(C)CC2(C1)NC(=O)N(CC(=O)NCC1(C)CCNCC1)C2=O. The van der Waals surface area contributed by atoms with Crippen LogP contribution in [-0.2, 0) is 9.59 Å². The summed E-state index contributed by atoms with van der Waals surface area (Å²) in [5.41, 5.74) is -0.787. The molecular weight excluding hydrogens is 344 g/mol. The molecule has 2 unspecified atom stereocenters. The minimum Gasteiger partial charge on any atom is -0.354 e. The molecular formula is C20H34N4O3. The van der Waals surface area contributed by atoms with Crippen molar-refractivity contribution in [2.75, 3.05) is 26.2 Å². The lowest BCUT2D eigenvalue weighted by atomic mass is 9.64. The second-order valence-corrected chi connectivity index (χ2v) is 10.1. The Morgan fingerprint density at radius 1 is 1.19 bits per heavy atom. The van der Waals surface area contributed by atoms with Gasteiger partial charge < -0.3 is 16.0 Å². The zero-order valence-corrected chi connectivity index (χ0v) is 17.1. The molecule has 0 radical (unpaired) electrons. The van der Waals surface area contributed by atoms with Crippen molar-refractivity contribution < 1.29 is 14.4 Å². The molecule has 0 aromatic heterocycles.